The van der Waals surface area contributed by atoms with E-state index in [1.807, 2.05) is 11.7 Å². The van der Waals surface area contributed by atoms with Crippen molar-refractivity contribution in [3.8, 4) is 0 Å². The van der Waals surface area contributed by atoms with Crippen LogP contribution in [0.15, 0.2) is 0 Å². The normalized spacial score (nSPS) is 26.1. The Morgan fingerprint density at radius 1 is 1.47 bits per heavy atom. The van der Waals surface area contributed by atoms with Crippen molar-refractivity contribution < 1.29 is 0 Å². The molecule has 1 aliphatic rings. The smallest absolute Gasteiger partial charge is 0.150 e. The number of aromatic nitrogens is 3. The summed E-state index contributed by atoms with van der Waals surface area (Å²) >= 11 is 0. The summed E-state index contributed by atoms with van der Waals surface area (Å²) in [5.74, 6) is 2.48. The molecule has 1 saturated carbocycles. The predicted molar refractivity (Wildman–Crippen MR) is 59.6 cm³/mol. The van der Waals surface area contributed by atoms with E-state index >= 15 is 0 Å². The van der Waals surface area contributed by atoms with Crippen molar-refractivity contribution in [2.45, 2.75) is 51.0 Å². The fourth-order valence-corrected chi connectivity index (χ4v) is 2.41. The van der Waals surface area contributed by atoms with Crippen molar-refractivity contribution in [3.05, 3.63) is 11.6 Å². The molecule has 1 heterocycles. The lowest BCUT2D eigenvalue weighted by atomic mass is 10.0. The van der Waals surface area contributed by atoms with Crippen LogP contribution in [0.3, 0.4) is 0 Å². The molecule has 2 atom stereocenters. The predicted octanol–water partition coefficient (Wildman–Crippen LogP) is 1.36. The van der Waals surface area contributed by atoms with E-state index in [0.717, 1.165) is 30.9 Å². The molecule has 4 nitrogen and oxygen atoms in total. The highest BCUT2D eigenvalue weighted by Crippen LogP contribution is 2.31. The molecule has 1 fully saturated rings. The molecule has 0 saturated heterocycles. The lowest BCUT2D eigenvalue weighted by molar-refractivity contribution is 0.545. The summed E-state index contributed by atoms with van der Waals surface area (Å²) in [6, 6.07) is 0.280. The number of aryl methyl sites for hydroxylation is 2. The van der Waals surface area contributed by atoms with Crippen LogP contribution in [0.4, 0.5) is 0 Å². The van der Waals surface area contributed by atoms with Crippen LogP contribution in [0, 0.1) is 0 Å². The van der Waals surface area contributed by atoms with Gasteiger partial charge in [0.15, 0.2) is 5.82 Å². The Kier molecular flexibility index (Phi) is 3.05. The number of hydrogen-bond donors (Lipinski definition) is 1. The Hall–Kier alpha value is -0.900. The third kappa shape index (κ3) is 2.04. The van der Waals surface area contributed by atoms with Crippen molar-refractivity contribution >= 4 is 0 Å². The fraction of sp³-hybridized carbons (Fsp3) is 0.818. The van der Waals surface area contributed by atoms with Crippen LogP contribution in [-0.2, 0) is 13.5 Å². The minimum Gasteiger partial charge on any atom is -0.327 e. The topological polar surface area (TPSA) is 56.7 Å². The van der Waals surface area contributed by atoms with Gasteiger partial charge in [-0.2, -0.15) is 5.10 Å². The molecular weight excluding hydrogens is 188 g/mol. The van der Waals surface area contributed by atoms with Crippen LogP contribution in [-0.4, -0.2) is 20.8 Å². The van der Waals surface area contributed by atoms with Crippen LogP contribution < -0.4 is 5.73 Å². The standard InChI is InChI=1S/C11H20N4/c1-3-5-10-13-11(15(2)14-10)8-6-4-7-9(8)12/h8-9H,3-7,12H2,1-2H3. The maximum absolute atomic E-state index is 6.08. The summed E-state index contributed by atoms with van der Waals surface area (Å²) < 4.78 is 1.92. The Bertz CT molecular complexity index is 331. The third-order valence-electron chi connectivity index (χ3n) is 3.22. The highest BCUT2D eigenvalue weighted by Gasteiger charge is 2.29. The third-order valence-corrected chi connectivity index (χ3v) is 3.22. The Labute approximate surface area is 90.9 Å². The molecule has 0 aliphatic heterocycles. The van der Waals surface area contributed by atoms with Gasteiger partial charge in [0.2, 0.25) is 0 Å². The monoisotopic (exact) mass is 208 g/mol. The van der Waals surface area contributed by atoms with Crippen molar-refractivity contribution in [2.75, 3.05) is 0 Å². The largest absolute Gasteiger partial charge is 0.327 e. The zero-order valence-corrected chi connectivity index (χ0v) is 9.61. The summed E-state index contributed by atoms with van der Waals surface area (Å²) in [4.78, 5) is 4.60. The quantitative estimate of drug-likeness (QED) is 0.816. The zero-order valence-electron chi connectivity index (χ0n) is 9.61. The molecular formula is C11H20N4. The number of rotatable bonds is 3. The molecule has 1 aromatic rings. The van der Waals surface area contributed by atoms with Gasteiger partial charge in [0.25, 0.3) is 0 Å². The molecule has 84 valence electrons. The minimum absolute atomic E-state index is 0.280. The summed E-state index contributed by atoms with van der Waals surface area (Å²) in [6.45, 7) is 2.15. The highest BCUT2D eigenvalue weighted by atomic mass is 15.3. The minimum atomic E-state index is 0.280. The SMILES string of the molecule is CCCc1nc(C2CCCC2N)n(C)n1. The molecule has 4 heteroatoms. The first-order valence-corrected chi connectivity index (χ1v) is 5.87. The zero-order chi connectivity index (χ0) is 10.8. The van der Waals surface area contributed by atoms with Crippen molar-refractivity contribution in [3.63, 3.8) is 0 Å². The van der Waals surface area contributed by atoms with Gasteiger partial charge in [-0.25, -0.2) is 4.98 Å². The average Bonchev–Trinajstić information content (AvgIpc) is 2.73. The van der Waals surface area contributed by atoms with E-state index in [0.29, 0.717) is 5.92 Å². The summed E-state index contributed by atoms with van der Waals surface area (Å²) in [7, 11) is 1.98. The molecule has 2 N–H and O–H groups in total. The van der Waals surface area contributed by atoms with Crippen LogP contribution in [0.2, 0.25) is 0 Å². The second kappa shape index (κ2) is 4.31. The first kappa shape index (κ1) is 10.6. The second-order valence-corrected chi connectivity index (χ2v) is 4.46. The van der Waals surface area contributed by atoms with Crippen molar-refractivity contribution in [1.82, 2.24) is 14.8 Å². The van der Waals surface area contributed by atoms with Gasteiger partial charge in [0.1, 0.15) is 5.82 Å². The molecule has 0 spiro atoms. The van der Waals surface area contributed by atoms with E-state index in [4.69, 9.17) is 5.73 Å². The van der Waals surface area contributed by atoms with E-state index in [1.54, 1.807) is 0 Å². The molecule has 15 heavy (non-hydrogen) atoms. The van der Waals surface area contributed by atoms with E-state index in [-0.39, 0.29) is 6.04 Å². The molecule has 2 rings (SSSR count). The van der Waals surface area contributed by atoms with Gasteiger partial charge < -0.3 is 5.73 Å². The number of hydrogen-bond acceptors (Lipinski definition) is 3. The summed E-state index contributed by atoms with van der Waals surface area (Å²) in [6.07, 6.45) is 5.58. The molecule has 1 aliphatic carbocycles. The van der Waals surface area contributed by atoms with Crippen LogP contribution in [0.1, 0.15) is 50.2 Å². The van der Waals surface area contributed by atoms with E-state index in [2.05, 4.69) is 17.0 Å². The van der Waals surface area contributed by atoms with E-state index in [9.17, 15) is 0 Å². The van der Waals surface area contributed by atoms with Crippen molar-refractivity contribution in [2.24, 2.45) is 12.8 Å². The molecule has 1 aromatic heterocycles. The van der Waals surface area contributed by atoms with Gasteiger partial charge in [-0.15, -0.1) is 0 Å². The first-order valence-electron chi connectivity index (χ1n) is 5.87. The maximum atomic E-state index is 6.08. The Morgan fingerprint density at radius 3 is 2.87 bits per heavy atom. The lowest BCUT2D eigenvalue weighted by Gasteiger charge is -2.13. The lowest BCUT2D eigenvalue weighted by Crippen LogP contribution is -2.25. The van der Waals surface area contributed by atoms with Gasteiger partial charge >= 0.3 is 0 Å². The van der Waals surface area contributed by atoms with Gasteiger partial charge in [-0.05, 0) is 19.3 Å². The first-order chi connectivity index (χ1) is 7.22. The Balaban J connectivity index is 2.19. The summed E-state index contributed by atoms with van der Waals surface area (Å²) in [5, 5.41) is 4.43. The highest BCUT2D eigenvalue weighted by molar-refractivity contribution is 5.06. The molecule has 0 bridgehead atoms. The second-order valence-electron chi connectivity index (χ2n) is 4.46. The number of nitrogens with two attached hydrogens (primary N) is 1. The van der Waals surface area contributed by atoms with E-state index < -0.39 is 0 Å². The van der Waals surface area contributed by atoms with Gasteiger partial charge in [-0.3, -0.25) is 4.68 Å². The van der Waals surface area contributed by atoms with Gasteiger partial charge in [-0.1, -0.05) is 13.3 Å². The molecule has 0 aromatic carbocycles. The van der Waals surface area contributed by atoms with Crippen LogP contribution in [0.25, 0.3) is 0 Å². The van der Waals surface area contributed by atoms with Crippen LogP contribution >= 0.6 is 0 Å². The molecule has 0 radical (unpaired) electrons. The average molecular weight is 208 g/mol. The van der Waals surface area contributed by atoms with Gasteiger partial charge in [0.05, 0.1) is 0 Å². The molecule has 2 unspecified atom stereocenters. The van der Waals surface area contributed by atoms with Gasteiger partial charge in [0, 0.05) is 25.4 Å². The summed E-state index contributed by atoms with van der Waals surface area (Å²) in [5.41, 5.74) is 6.08. The van der Waals surface area contributed by atoms with E-state index in [1.165, 1.54) is 12.8 Å². The van der Waals surface area contributed by atoms with Crippen LogP contribution in [0.5, 0.6) is 0 Å². The maximum Gasteiger partial charge on any atom is 0.150 e. The fourth-order valence-electron chi connectivity index (χ4n) is 2.41. The Morgan fingerprint density at radius 2 is 2.27 bits per heavy atom. The van der Waals surface area contributed by atoms with Crippen molar-refractivity contribution in [1.29, 1.82) is 0 Å². The molecule has 0 amide bonds. The number of nitrogens with zero attached hydrogens (tertiary/aromatic N) is 3.